The van der Waals surface area contributed by atoms with Gasteiger partial charge in [-0.2, -0.15) is 0 Å². The van der Waals surface area contributed by atoms with Gasteiger partial charge in [0.1, 0.15) is 6.10 Å². The molecule has 0 heterocycles. The molecule has 0 aromatic heterocycles. The van der Waals surface area contributed by atoms with Gasteiger partial charge in [-0.05, 0) is 45.0 Å². The predicted molar refractivity (Wildman–Crippen MR) is 65.5 cm³/mol. The van der Waals surface area contributed by atoms with Gasteiger partial charge in [0.25, 0.3) is 5.17 Å². The van der Waals surface area contributed by atoms with Crippen LogP contribution in [0.4, 0.5) is 0 Å². The number of hydrogen-bond acceptors (Lipinski definition) is 2. The Morgan fingerprint density at radius 3 is 2.50 bits per heavy atom. The van der Waals surface area contributed by atoms with Crippen LogP contribution in [0.25, 0.3) is 0 Å². The topological polar surface area (TPSA) is 21.3 Å². The van der Waals surface area contributed by atoms with Crippen molar-refractivity contribution >= 4 is 17.4 Å². The van der Waals surface area contributed by atoms with Crippen molar-refractivity contribution in [1.82, 2.24) is 5.32 Å². The van der Waals surface area contributed by atoms with E-state index >= 15 is 0 Å². The highest BCUT2D eigenvalue weighted by atomic mass is 32.1. The summed E-state index contributed by atoms with van der Waals surface area (Å²) in [7, 11) is 0. The van der Waals surface area contributed by atoms with Crippen LogP contribution in [0.5, 0.6) is 0 Å². The number of thiocarbonyl (C=S) groups is 1. The van der Waals surface area contributed by atoms with Crippen molar-refractivity contribution in [3.63, 3.8) is 0 Å². The number of nitrogens with one attached hydrogen (secondary N) is 1. The van der Waals surface area contributed by atoms with Crippen molar-refractivity contribution in [3.05, 3.63) is 12.2 Å². The van der Waals surface area contributed by atoms with Crippen molar-refractivity contribution in [1.29, 1.82) is 0 Å². The van der Waals surface area contributed by atoms with Gasteiger partial charge in [-0.25, -0.2) is 0 Å². The lowest BCUT2D eigenvalue weighted by atomic mass is 10.2. The van der Waals surface area contributed by atoms with Gasteiger partial charge in [-0.3, -0.25) is 0 Å². The Labute approximate surface area is 92.7 Å². The second-order valence-electron chi connectivity index (χ2n) is 3.49. The van der Waals surface area contributed by atoms with Crippen LogP contribution in [-0.4, -0.2) is 17.3 Å². The lowest BCUT2D eigenvalue weighted by Gasteiger charge is -2.17. The molecule has 3 heteroatoms. The molecule has 0 saturated carbocycles. The highest BCUT2D eigenvalue weighted by Gasteiger charge is 2.06. The zero-order chi connectivity index (χ0) is 11.0. The molecule has 82 valence electrons. The molecule has 0 bridgehead atoms. The maximum atomic E-state index is 5.55. The second kappa shape index (κ2) is 7.80. The van der Waals surface area contributed by atoms with E-state index in [0.29, 0.717) is 11.2 Å². The van der Waals surface area contributed by atoms with Crippen LogP contribution < -0.4 is 5.32 Å². The number of rotatable bonds is 5. The molecule has 1 atom stereocenters. The van der Waals surface area contributed by atoms with E-state index < -0.39 is 0 Å². The number of hydrogen-bond donors (Lipinski definition) is 1. The molecular weight excluding hydrogens is 194 g/mol. The molecule has 0 spiro atoms. The second-order valence-corrected chi connectivity index (χ2v) is 3.86. The maximum absolute atomic E-state index is 5.55. The number of ether oxygens (including phenoxy) is 1. The lowest BCUT2D eigenvalue weighted by Crippen LogP contribution is -2.32. The van der Waals surface area contributed by atoms with Gasteiger partial charge in [-0.15, -0.1) is 0 Å². The highest BCUT2D eigenvalue weighted by Crippen LogP contribution is 2.01. The standard InChI is InChI=1S/C11H21NOS/c1-5-7-8-10(6-2)13-11(14)12-9(3)4/h7-10H,5-6H2,1-4H3,(H,12,14)/b8-7+/t10-/m1/s1. The van der Waals surface area contributed by atoms with Crippen LogP contribution in [-0.2, 0) is 4.74 Å². The molecule has 0 radical (unpaired) electrons. The molecule has 14 heavy (non-hydrogen) atoms. The molecular formula is C11H21NOS. The van der Waals surface area contributed by atoms with Crippen LogP contribution in [0.1, 0.15) is 40.5 Å². The first-order valence-corrected chi connectivity index (χ1v) is 5.64. The van der Waals surface area contributed by atoms with E-state index in [2.05, 4.69) is 31.3 Å². The van der Waals surface area contributed by atoms with Gasteiger partial charge in [-0.1, -0.05) is 19.9 Å². The Morgan fingerprint density at radius 1 is 1.43 bits per heavy atom. The molecule has 0 aliphatic carbocycles. The van der Waals surface area contributed by atoms with E-state index in [1.807, 2.05) is 13.8 Å². The van der Waals surface area contributed by atoms with Crippen LogP contribution in [0.3, 0.4) is 0 Å². The molecule has 0 aliphatic rings. The highest BCUT2D eigenvalue weighted by molar-refractivity contribution is 7.80. The molecule has 0 amide bonds. The van der Waals surface area contributed by atoms with Crippen molar-refractivity contribution in [2.75, 3.05) is 0 Å². The first-order chi connectivity index (χ1) is 6.60. The Bertz CT molecular complexity index is 190. The normalized spacial score (nSPS) is 13.2. The van der Waals surface area contributed by atoms with Crippen LogP contribution in [0, 0.1) is 0 Å². The monoisotopic (exact) mass is 215 g/mol. The largest absolute Gasteiger partial charge is 0.464 e. The Balaban J connectivity index is 3.92. The SMILES string of the molecule is CC/C=C/[C@@H](CC)OC(=S)NC(C)C. The number of allylic oxidation sites excluding steroid dienone is 1. The average molecular weight is 215 g/mol. The Morgan fingerprint density at radius 2 is 2.07 bits per heavy atom. The molecule has 0 aromatic carbocycles. The zero-order valence-electron chi connectivity index (χ0n) is 9.54. The van der Waals surface area contributed by atoms with Crippen LogP contribution >= 0.6 is 12.2 Å². The van der Waals surface area contributed by atoms with Gasteiger partial charge < -0.3 is 10.1 Å². The smallest absolute Gasteiger partial charge is 0.257 e. The minimum absolute atomic E-state index is 0.105. The van der Waals surface area contributed by atoms with Gasteiger partial charge in [0.05, 0.1) is 0 Å². The molecule has 1 N–H and O–H groups in total. The minimum atomic E-state index is 0.105. The third kappa shape index (κ3) is 6.89. The third-order valence-corrected chi connectivity index (χ3v) is 1.87. The summed E-state index contributed by atoms with van der Waals surface area (Å²) in [6.07, 6.45) is 6.25. The molecule has 2 nitrogen and oxygen atoms in total. The minimum Gasteiger partial charge on any atom is -0.464 e. The molecule has 0 aliphatic heterocycles. The van der Waals surface area contributed by atoms with Gasteiger partial charge in [0.2, 0.25) is 0 Å². The molecule has 0 unspecified atom stereocenters. The fourth-order valence-electron chi connectivity index (χ4n) is 0.954. The molecule has 0 aromatic rings. The van der Waals surface area contributed by atoms with E-state index in [1.54, 1.807) is 0 Å². The fourth-order valence-corrected chi connectivity index (χ4v) is 1.31. The van der Waals surface area contributed by atoms with Crippen molar-refractivity contribution in [2.45, 2.75) is 52.7 Å². The molecule has 0 rings (SSSR count). The van der Waals surface area contributed by atoms with Gasteiger partial charge in [0, 0.05) is 6.04 Å². The van der Waals surface area contributed by atoms with E-state index in [-0.39, 0.29) is 6.10 Å². The Kier molecular flexibility index (Phi) is 7.48. The fraction of sp³-hybridized carbons (Fsp3) is 0.727. The summed E-state index contributed by atoms with van der Waals surface area (Å²) in [5, 5.41) is 3.55. The van der Waals surface area contributed by atoms with E-state index in [1.165, 1.54) is 0 Å². The average Bonchev–Trinajstić information content (AvgIpc) is 2.10. The van der Waals surface area contributed by atoms with Crippen molar-refractivity contribution in [2.24, 2.45) is 0 Å². The van der Waals surface area contributed by atoms with Gasteiger partial charge in [0.15, 0.2) is 0 Å². The van der Waals surface area contributed by atoms with Crippen LogP contribution in [0.15, 0.2) is 12.2 Å². The summed E-state index contributed by atoms with van der Waals surface area (Å²) < 4.78 is 5.55. The van der Waals surface area contributed by atoms with Crippen molar-refractivity contribution < 1.29 is 4.74 Å². The summed E-state index contributed by atoms with van der Waals surface area (Å²) in [5.41, 5.74) is 0. The van der Waals surface area contributed by atoms with Crippen LogP contribution in [0.2, 0.25) is 0 Å². The lowest BCUT2D eigenvalue weighted by molar-refractivity contribution is 0.225. The first kappa shape index (κ1) is 13.4. The van der Waals surface area contributed by atoms with E-state index in [9.17, 15) is 0 Å². The van der Waals surface area contributed by atoms with Gasteiger partial charge >= 0.3 is 0 Å². The summed E-state index contributed by atoms with van der Waals surface area (Å²) in [6.45, 7) is 8.27. The van der Waals surface area contributed by atoms with E-state index in [0.717, 1.165) is 12.8 Å². The summed E-state index contributed by atoms with van der Waals surface area (Å²) in [5.74, 6) is 0. The predicted octanol–water partition coefficient (Wildman–Crippen LogP) is 3.03. The van der Waals surface area contributed by atoms with Crippen molar-refractivity contribution in [3.8, 4) is 0 Å². The first-order valence-electron chi connectivity index (χ1n) is 5.23. The third-order valence-electron chi connectivity index (χ3n) is 1.65. The van der Waals surface area contributed by atoms with E-state index in [4.69, 9.17) is 17.0 Å². The summed E-state index contributed by atoms with van der Waals surface area (Å²) in [4.78, 5) is 0. The summed E-state index contributed by atoms with van der Waals surface area (Å²) in [6, 6.07) is 0.329. The zero-order valence-corrected chi connectivity index (χ0v) is 10.4. The summed E-state index contributed by atoms with van der Waals surface area (Å²) >= 11 is 5.06. The molecule has 0 fully saturated rings. The Hall–Kier alpha value is -0.570. The quantitative estimate of drug-likeness (QED) is 0.562. The maximum Gasteiger partial charge on any atom is 0.257 e. The molecule has 0 saturated heterocycles.